The zero-order valence-electron chi connectivity index (χ0n) is 18.1. The molecule has 1 aromatic carbocycles. The Balaban J connectivity index is 1.63. The number of thioether (sulfide) groups is 1. The third-order valence-corrected chi connectivity index (χ3v) is 6.55. The van der Waals surface area contributed by atoms with Crippen molar-refractivity contribution in [2.75, 3.05) is 19.6 Å². The standard InChI is InChI=1S/C21H23ClN4O6S/c1-12(2)18(24-8-3-4-17(24)27)19(28)23-7-9-25-20(29)16(33-21(25)30)11-13-5-6-14(22)15(10-13)26(31)32/h5-6,10-12,18H,3-4,7-9H2,1-2H3,(H,23,28)/b16-11+. The first kappa shape index (κ1) is 24.7. The number of likely N-dealkylation sites (tertiary alicyclic amines) is 1. The number of nitrogens with zero attached hydrogens (tertiary/aromatic N) is 3. The van der Waals surface area contributed by atoms with Crippen LogP contribution in [-0.4, -0.2) is 63.4 Å². The second-order valence-corrected chi connectivity index (χ2v) is 9.37. The lowest BCUT2D eigenvalue weighted by atomic mass is 10.0. The van der Waals surface area contributed by atoms with E-state index in [1.165, 1.54) is 24.3 Å². The molecule has 0 spiro atoms. The normalized spacial score (nSPS) is 18.5. The molecule has 12 heteroatoms. The molecule has 1 unspecified atom stereocenters. The molecule has 2 saturated heterocycles. The summed E-state index contributed by atoms with van der Waals surface area (Å²) in [6.07, 6.45) is 2.53. The molecule has 2 aliphatic rings. The molecule has 0 aromatic heterocycles. The topological polar surface area (TPSA) is 130 Å². The van der Waals surface area contributed by atoms with Crippen molar-refractivity contribution in [3.05, 3.63) is 43.8 Å². The minimum Gasteiger partial charge on any atom is -0.353 e. The number of nitrogens with one attached hydrogen (secondary N) is 1. The number of nitro groups is 1. The van der Waals surface area contributed by atoms with Crippen LogP contribution in [-0.2, 0) is 14.4 Å². The van der Waals surface area contributed by atoms with Gasteiger partial charge in [0.2, 0.25) is 11.8 Å². The lowest BCUT2D eigenvalue weighted by molar-refractivity contribution is -0.384. The molecule has 4 amide bonds. The summed E-state index contributed by atoms with van der Waals surface area (Å²) in [6, 6.07) is 3.48. The van der Waals surface area contributed by atoms with Crippen LogP contribution >= 0.6 is 23.4 Å². The van der Waals surface area contributed by atoms with Gasteiger partial charge < -0.3 is 10.2 Å². The van der Waals surface area contributed by atoms with E-state index in [9.17, 15) is 29.3 Å². The fourth-order valence-corrected chi connectivity index (χ4v) is 4.82. The summed E-state index contributed by atoms with van der Waals surface area (Å²) in [7, 11) is 0. The molecule has 176 valence electrons. The van der Waals surface area contributed by atoms with Crippen LogP contribution in [0.2, 0.25) is 5.02 Å². The predicted molar refractivity (Wildman–Crippen MR) is 123 cm³/mol. The molecule has 0 radical (unpaired) electrons. The van der Waals surface area contributed by atoms with E-state index in [1.807, 2.05) is 13.8 Å². The smallest absolute Gasteiger partial charge is 0.293 e. The first-order chi connectivity index (χ1) is 15.6. The predicted octanol–water partition coefficient (Wildman–Crippen LogP) is 3.05. The molecule has 1 aromatic rings. The third-order valence-electron chi connectivity index (χ3n) is 5.32. The molecule has 2 aliphatic heterocycles. The Morgan fingerprint density at radius 2 is 2.06 bits per heavy atom. The van der Waals surface area contributed by atoms with Gasteiger partial charge in [0.05, 0.1) is 9.83 Å². The van der Waals surface area contributed by atoms with Gasteiger partial charge in [-0.3, -0.25) is 34.2 Å². The second kappa shape index (κ2) is 10.3. The minimum atomic E-state index is -0.631. The fraction of sp³-hybridized carbons (Fsp3) is 0.429. The van der Waals surface area contributed by atoms with Crippen molar-refractivity contribution in [3.63, 3.8) is 0 Å². The van der Waals surface area contributed by atoms with Crippen molar-refractivity contribution >= 4 is 58.1 Å². The Morgan fingerprint density at radius 3 is 2.67 bits per heavy atom. The number of halogens is 1. The number of hydrogen-bond donors (Lipinski definition) is 1. The summed E-state index contributed by atoms with van der Waals surface area (Å²) in [5.74, 6) is -1.01. The van der Waals surface area contributed by atoms with E-state index >= 15 is 0 Å². The van der Waals surface area contributed by atoms with E-state index in [2.05, 4.69) is 5.32 Å². The highest BCUT2D eigenvalue weighted by molar-refractivity contribution is 8.18. The molecule has 2 heterocycles. The summed E-state index contributed by atoms with van der Waals surface area (Å²) in [6.45, 7) is 4.26. The molecule has 3 rings (SSSR count). The molecular weight excluding hydrogens is 472 g/mol. The van der Waals surface area contributed by atoms with E-state index in [-0.39, 0.29) is 46.4 Å². The van der Waals surface area contributed by atoms with Gasteiger partial charge in [-0.15, -0.1) is 0 Å². The van der Waals surface area contributed by atoms with Gasteiger partial charge in [-0.1, -0.05) is 31.5 Å². The van der Waals surface area contributed by atoms with Crippen LogP contribution in [0, 0.1) is 16.0 Å². The largest absolute Gasteiger partial charge is 0.353 e. The highest BCUT2D eigenvalue weighted by Gasteiger charge is 2.37. The molecular formula is C21H23ClN4O6S. The minimum absolute atomic E-state index is 0.0312. The summed E-state index contributed by atoms with van der Waals surface area (Å²) >= 11 is 6.52. The molecule has 2 fully saturated rings. The van der Waals surface area contributed by atoms with Gasteiger partial charge in [-0.25, -0.2) is 0 Å². The third kappa shape index (κ3) is 5.53. The van der Waals surface area contributed by atoms with E-state index in [0.717, 1.165) is 11.3 Å². The molecule has 1 atom stereocenters. The van der Waals surface area contributed by atoms with Crippen LogP contribution in [0.15, 0.2) is 23.1 Å². The highest BCUT2D eigenvalue weighted by atomic mass is 35.5. The number of rotatable bonds is 8. The van der Waals surface area contributed by atoms with E-state index in [1.54, 1.807) is 4.90 Å². The molecule has 0 aliphatic carbocycles. The maximum atomic E-state index is 12.7. The van der Waals surface area contributed by atoms with E-state index < -0.39 is 22.1 Å². The van der Waals surface area contributed by atoms with E-state index in [0.29, 0.717) is 30.3 Å². The Hall–Kier alpha value is -2.92. The number of hydrogen-bond acceptors (Lipinski definition) is 7. The van der Waals surface area contributed by atoms with Crippen molar-refractivity contribution in [2.24, 2.45) is 5.92 Å². The second-order valence-electron chi connectivity index (χ2n) is 7.97. The van der Waals surface area contributed by atoms with Gasteiger partial charge in [-0.05, 0) is 41.8 Å². The van der Waals surface area contributed by atoms with Crippen LogP contribution in [0.1, 0.15) is 32.3 Å². The monoisotopic (exact) mass is 494 g/mol. The number of carbonyl (C=O) groups excluding carboxylic acids is 4. The Bertz CT molecular complexity index is 1040. The maximum absolute atomic E-state index is 12.7. The summed E-state index contributed by atoms with van der Waals surface area (Å²) in [4.78, 5) is 62.9. The number of imide groups is 1. The van der Waals surface area contributed by atoms with Crippen LogP contribution in [0.4, 0.5) is 10.5 Å². The Kier molecular flexibility index (Phi) is 7.75. The van der Waals surface area contributed by atoms with Crippen molar-refractivity contribution in [2.45, 2.75) is 32.7 Å². The number of amides is 4. The maximum Gasteiger partial charge on any atom is 0.293 e. The summed E-state index contributed by atoms with van der Waals surface area (Å²) in [5.41, 5.74) is 0.0588. The average molecular weight is 495 g/mol. The molecule has 1 N–H and O–H groups in total. The van der Waals surface area contributed by atoms with Crippen molar-refractivity contribution in [1.29, 1.82) is 0 Å². The zero-order valence-corrected chi connectivity index (χ0v) is 19.6. The van der Waals surface area contributed by atoms with Crippen molar-refractivity contribution in [1.82, 2.24) is 15.1 Å². The zero-order chi connectivity index (χ0) is 24.3. The van der Waals surface area contributed by atoms with Crippen molar-refractivity contribution < 1.29 is 24.1 Å². The molecule has 0 saturated carbocycles. The van der Waals surface area contributed by atoms with Gasteiger partial charge in [0, 0.05) is 32.1 Å². The first-order valence-corrected chi connectivity index (χ1v) is 11.6. The summed E-state index contributed by atoms with van der Waals surface area (Å²) in [5, 5.41) is 13.2. The Labute approximate surface area is 199 Å². The first-order valence-electron chi connectivity index (χ1n) is 10.4. The van der Waals surface area contributed by atoms with Crippen LogP contribution in [0.3, 0.4) is 0 Å². The SMILES string of the molecule is CC(C)C(C(=O)NCCN1C(=O)S/C(=C/c2ccc(Cl)c([N+](=O)[O-])c2)C1=O)N1CCCC1=O. The molecule has 10 nitrogen and oxygen atoms in total. The van der Waals surface area contributed by atoms with Gasteiger partial charge in [0.25, 0.3) is 16.8 Å². The van der Waals surface area contributed by atoms with Gasteiger partial charge in [0.15, 0.2) is 0 Å². The average Bonchev–Trinajstić information content (AvgIpc) is 3.27. The highest BCUT2D eigenvalue weighted by Crippen LogP contribution is 2.33. The number of carbonyl (C=O) groups is 4. The number of benzene rings is 1. The lowest BCUT2D eigenvalue weighted by Crippen LogP contribution is -2.51. The van der Waals surface area contributed by atoms with Crippen LogP contribution in [0.25, 0.3) is 6.08 Å². The van der Waals surface area contributed by atoms with E-state index in [4.69, 9.17) is 11.6 Å². The quantitative estimate of drug-likeness (QED) is 0.334. The fourth-order valence-electron chi connectivity index (χ4n) is 3.77. The molecule has 0 bridgehead atoms. The van der Waals surface area contributed by atoms with Crippen LogP contribution in [0.5, 0.6) is 0 Å². The Morgan fingerprint density at radius 1 is 1.33 bits per heavy atom. The van der Waals surface area contributed by atoms with Crippen molar-refractivity contribution in [3.8, 4) is 0 Å². The van der Waals surface area contributed by atoms with Crippen LogP contribution < -0.4 is 5.32 Å². The lowest BCUT2D eigenvalue weighted by Gasteiger charge is -2.30. The van der Waals surface area contributed by atoms with Gasteiger partial charge in [0.1, 0.15) is 11.1 Å². The number of nitro benzene ring substituents is 1. The molecule has 33 heavy (non-hydrogen) atoms. The van der Waals surface area contributed by atoms with Gasteiger partial charge in [-0.2, -0.15) is 0 Å². The van der Waals surface area contributed by atoms with Gasteiger partial charge >= 0.3 is 0 Å². The summed E-state index contributed by atoms with van der Waals surface area (Å²) < 4.78 is 0.